The molecule has 0 saturated carbocycles. The number of nitrogens with one attached hydrogen (secondary N) is 1. The molecule has 1 aromatic heterocycles. The van der Waals surface area contributed by atoms with Gasteiger partial charge in [-0.05, 0) is 23.8 Å². The minimum atomic E-state index is -0.496. The highest BCUT2D eigenvalue weighted by atomic mass is 16.1. The Kier molecular flexibility index (Phi) is 2.55. The van der Waals surface area contributed by atoms with Gasteiger partial charge in [-0.3, -0.25) is 9.59 Å². The molecular formula is C12H10N2O2. The molecule has 0 radical (unpaired) electrons. The Hall–Kier alpha value is -2.36. The van der Waals surface area contributed by atoms with Crippen molar-refractivity contribution < 1.29 is 9.59 Å². The van der Waals surface area contributed by atoms with E-state index in [9.17, 15) is 9.59 Å². The van der Waals surface area contributed by atoms with Gasteiger partial charge in [-0.25, -0.2) is 0 Å². The summed E-state index contributed by atoms with van der Waals surface area (Å²) in [6.45, 7) is 0. The molecule has 4 nitrogen and oxygen atoms in total. The number of aldehydes is 1. The molecule has 80 valence electrons. The van der Waals surface area contributed by atoms with Crippen LogP contribution in [0.15, 0.2) is 30.5 Å². The van der Waals surface area contributed by atoms with E-state index in [4.69, 9.17) is 5.73 Å². The summed E-state index contributed by atoms with van der Waals surface area (Å²) in [5, 5.41) is 0.835. The smallest absolute Gasteiger partial charge is 0.241 e. The van der Waals surface area contributed by atoms with Crippen LogP contribution in [-0.2, 0) is 4.79 Å². The number of carbonyl (C=O) groups is 2. The molecule has 0 spiro atoms. The number of benzene rings is 1. The van der Waals surface area contributed by atoms with Crippen molar-refractivity contribution in [1.82, 2.24) is 4.98 Å². The van der Waals surface area contributed by atoms with Crippen molar-refractivity contribution in [1.29, 1.82) is 0 Å². The lowest BCUT2D eigenvalue weighted by Gasteiger charge is -1.94. The van der Waals surface area contributed by atoms with Crippen molar-refractivity contribution in [3.8, 4) is 0 Å². The van der Waals surface area contributed by atoms with Crippen LogP contribution in [0.2, 0.25) is 0 Å². The maximum Gasteiger partial charge on any atom is 0.241 e. The summed E-state index contributed by atoms with van der Waals surface area (Å²) >= 11 is 0. The van der Waals surface area contributed by atoms with Crippen LogP contribution in [0.3, 0.4) is 0 Å². The van der Waals surface area contributed by atoms with E-state index in [0.717, 1.165) is 22.8 Å². The van der Waals surface area contributed by atoms with E-state index in [-0.39, 0.29) is 0 Å². The number of carbonyl (C=O) groups excluding carboxylic acids is 2. The SMILES string of the molecule is NC(=O)C=Cc1ccc2[nH]cc(C=O)c2c1. The van der Waals surface area contributed by atoms with Crippen LogP contribution < -0.4 is 5.73 Å². The zero-order chi connectivity index (χ0) is 11.5. The zero-order valence-electron chi connectivity index (χ0n) is 8.44. The van der Waals surface area contributed by atoms with E-state index in [2.05, 4.69) is 4.98 Å². The number of primary amides is 1. The molecule has 0 aliphatic carbocycles. The van der Waals surface area contributed by atoms with Gasteiger partial charge < -0.3 is 10.7 Å². The number of aromatic nitrogens is 1. The minimum absolute atomic E-state index is 0.496. The van der Waals surface area contributed by atoms with E-state index in [0.29, 0.717) is 5.56 Å². The molecule has 2 rings (SSSR count). The number of rotatable bonds is 3. The van der Waals surface area contributed by atoms with Crippen molar-refractivity contribution >= 4 is 29.2 Å². The fraction of sp³-hybridized carbons (Fsp3) is 0. The van der Waals surface area contributed by atoms with Gasteiger partial charge in [0.15, 0.2) is 6.29 Å². The van der Waals surface area contributed by atoms with Crippen molar-refractivity contribution in [2.75, 3.05) is 0 Å². The van der Waals surface area contributed by atoms with Crippen LogP contribution in [0.4, 0.5) is 0 Å². The van der Waals surface area contributed by atoms with Crippen molar-refractivity contribution in [2.45, 2.75) is 0 Å². The maximum absolute atomic E-state index is 10.7. The van der Waals surface area contributed by atoms with Crippen molar-refractivity contribution in [2.24, 2.45) is 5.73 Å². The number of aromatic amines is 1. The van der Waals surface area contributed by atoms with Gasteiger partial charge in [-0.2, -0.15) is 0 Å². The highest BCUT2D eigenvalue weighted by Crippen LogP contribution is 2.19. The number of amides is 1. The molecule has 0 fully saturated rings. The first kappa shape index (κ1) is 10.2. The molecular weight excluding hydrogens is 204 g/mol. The van der Waals surface area contributed by atoms with Gasteiger partial charge in [-0.1, -0.05) is 6.07 Å². The Morgan fingerprint density at radius 2 is 2.19 bits per heavy atom. The van der Waals surface area contributed by atoms with Crippen LogP contribution in [0.1, 0.15) is 15.9 Å². The molecule has 3 N–H and O–H groups in total. The summed E-state index contributed by atoms with van der Waals surface area (Å²) in [4.78, 5) is 24.3. The summed E-state index contributed by atoms with van der Waals surface area (Å²) in [5.74, 6) is -0.496. The topological polar surface area (TPSA) is 76.0 Å². The number of H-pyrrole nitrogens is 1. The molecule has 16 heavy (non-hydrogen) atoms. The molecule has 0 aliphatic rings. The predicted molar refractivity (Wildman–Crippen MR) is 61.9 cm³/mol. The second-order valence-corrected chi connectivity index (χ2v) is 3.40. The average Bonchev–Trinajstić information content (AvgIpc) is 2.68. The molecule has 2 aromatic rings. The highest BCUT2D eigenvalue weighted by Gasteiger charge is 2.02. The first-order valence-electron chi connectivity index (χ1n) is 4.74. The third-order valence-electron chi connectivity index (χ3n) is 2.30. The predicted octanol–water partition coefficient (Wildman–Crippen LogP) is 1.48. The minimum Gasteiger partial charge on any atom is -0.366 e. The van der Waals surface area contributed by atoms with Crippen LogP contribution in [0.25, 0.3) is 17.0 Å². The second kappa shape index (κ2) is 4.02. The molecule has 0 unspecified atom stereocenters. The normalized spacial score (nSPS) is 11.0. The fourth-order valence-electron chi connectivity index (χ4n) is 1.54. The molecule has 1 heterocycles. The van der Waals surface area contributed by atoms with E-state index >= 15 is 0 Å². The largest absolute Gasteiger partial charge is 0.366 e. The molecule has 0 aliphatic heterocycles. The molecule has 0 atom stereocenters. The first-order valence-corrected chi connectivity index (χ1v) is 4.74. The summed E-state index contributed by atoms with van der Waals surface area (Å²) < 4.78 is 0. The van der Waals surface area contributed by atoms with Crippen LogP contribution in [-0.4, -0.2) is 17.2 Å². The number of hydrogen-bond donors (Lipinski definition) is 2. The Balaban J connectivity index is 2.49. The van der Waals surface area contributed by atoms with Crippen molar-refractivity contribution in [3.05, 3.63) is 41.6 Å². The molecule has 0 saturated heterocycles. The lowest BCUT2D eigenvalue weighted by Crippen LogP contribution is -2.05. The monoisotopic (exact) mass is 214 g/mol. The number of fused-ring (bicyclic) bond motifs is 1. The Labute approximate surface area is 91.8 Å². The van der Waals surface area contributed by atoms with Crippen LogP contribution >= 0.6 is 0 Å². The van der Waals surface area contributed by atoms with E-state index < -0.39 is 5.91 Å². The lowest BCUT2D eigenvalue weighted by atomic mass is 10.1. The first-order chi connectivity index (χ1) is 7.70. The van der Waals surface area contributed by atoms with Gasteiger partial charge in [0.2, 0.25) is 5.91 Å². The molecule has 1 aromatic carbocycles. The third-order valence-corrected chi connectivity index (χ3v) is 2.30. The second-order valence-electron chi connectivity index (χ2n) is 3.40. The van der Waals surface area contributed by atoms with Crippen LogP contribution in [0, 0.1) is 0 Å². The fourth-order valence-corrected chi connectivity index (χ4v) is 1.54. The van der Waals surface area contributed by atoms with Gasteiger partial charge in [-0.15, -0.1) is 0 Å². The van der Waals surface area contributed by atoms with Gasteiger partial charge in [0, 0.05) is 28.7 Å². The Morgan fingerprint density at radius 1 is 1.38 bits per heavy atom. The van der Waals surface area contributed by atoms with E-state index in [1.54, 1.807) is 12.3 Å². The summed E-state index contributed by atoms with van der Waals surface area (Å²) in [5.41, 5.74) is 7.32. The standard InChI is InChI=1S/C12H10N2O2/c13-12(16)4-2-8-1-3-11-10(5-8)9(7-15)6-14-11/h1-7,14H,(H2,13,16). The van der Waals surface area contributed by atoms with Crippen LogP contribution in [0.5, 0.6) is 0 Å². The van der Waals surface area contributed by atoms with Gasteiger partial charge >= 0.3 is 0 Å². The summed E-state index contributed by atoms with van der Waals surface area (Å²) in [6.07, 6.45) is 5.34. The molecule has 1 amide bonds. The Morgan fingerprint density at radius 3 is 2.88 bits per heavy atom. The summed E-state index contributed by atoms with van der Waals surface area (Å²) in [7, 11) is 0. The molecule has 0 bridgehead atoms. The third kappa shape index (κ3) is 1.86. The quantitative estimate of drug-likeness (QED) is 0.599. The number of nitrogens with two attached hydrogens (primary N) is 1. The average molecular weight is 214 g/mol. The van der Waals surface area contributed by atoms with Gasteiger partial charge in [0.1, 0.15) is 0 Å². The summed E-state index contributed by atoms with van der Waals surface area (Å²) in [6, 6.07) is 5.52. The maximum atomic E-state index is 10.7. The molecule has 4 heteroatoms. The number of hydrogen-bond acceptors (Lipinski definition) is 2. The van der Waals surface area contributed by atoms with Gasteiger partial charge in [0.05, 0.1) is 0 Å². The van der Waals surface area contributed by atoms with E-state index in [1.807, 2.05) is 18.2 Å². The van der Waals surface area contributed by atoms with Crippen molar-refractivity contribution in [3.63, 3.8) is 0 Å². The Bertz CT molecular complexity index is 582. The lowest BCUT2D eigenvalue weighted by molar-refractivity contribution is -0.113. The van der Waals surface area contributed by atoms with Gasteiger partial charge in [0.25, 0.3) is 0 Å². The highest BCUT2D eigenvalue weighted by molar-refractivity contribution is 5.98. The zero-order valence-corrected chi connectivity index (χ0v) is 8.44. The van der Waals surface area contributed by atoms with E-state index in [1.165, 1.54) is 6.08 Å².